The van der Waals surface area contributed by atoms with Crippen LogP contribution in [-0.2, 0) is 4.74 Å². The molecule has 0 N–H and O–H groups in total. The number of carbonyl (C=O) groups is 1. The van der Waals surface area contributed by atoms with Gasteiger partial charge >= 0.3 is 5.97 Å². The summed E-state index contributed by atoms with van der Waals surface area (Å²) < 4.78 is 6.18. The van der Waals surface area contributed by atoms with E-state index in [1.165, 1.54) is 0 Å². The van der Waals surface area contributed by atoms with Gasteiger partial charge in [-0.3, -0.25) is 0 Å². The maximum absolute atomic E-state index is 11.4. The van der Waals surface area contributed by atoms with Gasteiger partial charge < -0.3 is 4.74 Å². The fraction of sp³-hybridized carbons (Fsp3) is 0.182. The van der Waals surface area contributed by atoms with Crippen LogP contribution in [0.5, 0.6) is 0 Å². The molecule has 2 nitrogen and oxygen atoms in total. The predicted octanol–water partition coefficient (Wildman–Crippen LogP) is 3.56. The first-order valence-corrected chi connectivity index (χ1v) is 6.56. The lowest BCUT2D eigenvalue weighted by Gasteiger charge is -2.01. The first kappa shape index (κ1) is 12.7. The quantitative estimate of drug-likeness (QED) is 0.453. The number of allylic oxidation sites excluding steroid dienone is 1. The average molecular weight is 381 g/mol. The predicted molar refractivity (Wildman–Crippen MR) is 72.6 cm³/mol. The van der Waals surface area contributed by atoms with Gasteiger partial charge in [0, 0.05) is 8.91 Å². The van der Waals surface area contributed by atoms with Gasteiger partial charge in [0.2, 0.25) is 0 Å². The third kappa shape index (κ3) is 4.79. The second kappa shape index (κ2) is 7.00. The topological polar surface area (TPSA) is 26.3 Å². The Morgan fingerprint density at radius 2 is 2.07 bits per heavy atom. The Bertz CT molecular complexity index is 349. The monoisotopic (exact) mass is 380 g/mol. The van der Waals surface area contributed by atoms with Crippen LogP contribution in [-0.4, -0.2) is 17.9 Å². The fourth-order valence-electron chi connectivity index (χ4n) is 0.920. The summed E-state index contributed by atoms with van der Waals surface area (Å²) in [4.78, 5) is 11.4. The number of benzene rings is 1. The minimum absolute atomic E-state index is 0.286. The summed E-state index contributed by atoms with van der Waals surface area (Å²) in [5.41, 5.74) is 0.583. The van der Waals surface area contributed by atoms with Crippen molar-refractivity contribution in [2.45, 2.75) is 0 Å². The number of hydrogen-bond donors (Lipinski definition) is 0. The molecule has 0 amide bonds. The van der Waals surface area contributed by atoms with Crippen molar-refractivity contribution in [1.82, 2.24) is 0 Å². The lowest BCUT2D eigenvalue weighted by molar-refractivity contribution is 0.0549. The molecule has 1 aromatic carbocycles. The largest absolute Gasteiger partial charge is 0.458 e. The molecule has 0 saturated heterocycles. The summed E-state index contributed by atoms with van der Waals surface area (Å²) in [6.07, 6.45) is 1.87. The first-order chi connectivity index (χ1) is 7.24. The van der Waals surface area contributed by atoms with Crippen LogP contribution in [0.4, 0.5) is 0 Å². The van der Waals surface area contributed by atoms with Crippen LogP contribution in [0.3, 0.4) is 0 Å². The summed E-state index contributed by atoms with van der Waals surface area (Å²) in [6.45, 7) is 0.317. The van der Waals surface area contributed by atoms with Crippen LogP contribution in [0.25, 0.3) is 0 Å². The third-order valence-corrected chi connectivity index (χ3v) is 4.13. The molecule has 80 valence electrons. The zero-order chi connectivity index (χ0) is 11.1. The summed E-state index contributed by atoms with van der Waals surface area (Å²) in [6, 6.07) is 8.97. The van der Waals surface area contributed by atoms with Gasteiger partial charge in [-0.2, -0.15) is 0 Å². The van der Waals surface area contributed by atoms with Gasteiger partial charge in [0.05, 0.1) is 5.56 Å². The summed E-state index contributed by atoms with van der Waals surface area (Å²) in [5.74, 6) is -0.286. The lowest BCUT2D eigenvalue weighted by atomic mass is 10.2. The van der Waals surface area contributed by atoms with E-state index in [0.29, 0.717) is 12.2 Å². The molecule has 0 unspecified atom stereocenters. The van der Waals surface area contributed by atoms with Gasteiger partial charge in [0.1, 0.15) is 6.61 Å². The van der Waals surface area contributed by atoms with E-state index in [2.05, 4.69) is 38.5 Å². The second-order valence-corrected chi connectivity index (χ2v) is 4.70. The van der Waals surface area contributed by atoms with Gasteiger partial charge in [0.15, 0.2) is 0 Å². The molecule has 0 aliphatic rings. The van der Waals surface area contributed by atoms with Gasteiger partial charge in [-0.1, -0.05) is 34.1 Å². The number of esters is 1. The van der Waals surface area contributed by atoms with Crippen molar-refractivity contribution in [3.63, 3.8) is 0 Å². The minimum Gasteiger partial charge on any atom is -0.458 e. The van der Waals surface area contributed by atoms with Gasteiger partial charge in [-0.15, -0.1) is 0 Å². The highest BCUT2D eigenvalue weighted by molar-refractivity contribution is 14.1. The van der Waals surface area contributed by atoms with E-state index in [-0.39, 0.29) is 5.97 Å². The molecule has 0 atom stereocenters. The van der Waals surface area contributed by atoms with Crippen molar-refractivity contribution in [2.75, 3.05) is 11.9 Å². The van der Waals surface area contributed by atoms with Gasteiger partial charge in [-0.05, 0) is 40.8 Å². The minimum atomic E-state index is -0.286. The van der Waals surface area contributed by atoms with E-state index in [1.54, 1.807) is 12.1 Å². The molecule has 0 aromatic heterocycles. The number of rotatable bonds is 4. The maximum atomic E-state index is 11.4. The SMILES string of the molecule is O=C(OC/C=C(\I)CBr)c1ccccc1. The molecule has 0 heterocycles. The number of halogens is 2. The van der Waals surface area contributed by atoms with E-state index in [0.717, 1.165) is 8.91 Å². The Morgan fingerprint density at radius 3 is 2.67 bits per heavy atom. The lowest BCUT2D eigenvalue weighted by Crippen LogP contribution is -2.04. The van der Waals surface area contributed by atoms with Crippen molar-refractivity contribution in [3.05, 3.63) is 45.6 Å². The molecular formula is C11H10BrIO2. The average Bonchev–Trinajstić information content (AvgIpc) is 2.29. The first-order valence-electron chi connectivity index (χ1n) is 4.36. The molecule has 0 bridgehead atoms. The van der Waals surface area contributed by atoms with Crippen molar-refractivity contribution >= 4 is 44.5 Å². The van der Waals surface area contributed by atoms with Crippen molar-refractivity contribution < 1.29 is 9.53 Å². The normalized spacial score (nSPS) is 11.2. The van der Waals surface area contributed by atoms with Crippen molar-refractivity contribution in [3.8, 4) is 0 Å². The molecule has 0 saturated carbocycles. The smallest absolute Gasteiger partial charge is 0.338 e. The number of hydrogen-bond acceptors (Lipinski definition) is 2. The molecule has 4 heteroatoms. The molecule has 0 fully saturated rings. The molecule has 0 spiro atoms. The van der Waals surface area contributed by atoms with E-state index in [1.807, 2.05) is 24.3 Å². The Balaban J connectivity index is 2.44. The Morgan fingerprint density at radius 1 is 1.40 bits per heavy atom. The van der Waals surface area contributed by atoms with Crippen LogP contribution < -0.4 is 0 Å². The van der Waals surface area contributed by atoms with Crippen LogP contribution in [0.2, 0.25) is 0 Å². The van der Waals surface area contributed by atoms with Crippen LogP contribution in [0.15, 0.2) is 40.0 Å². The van der Waals surface area contributed by atoms with Crippen molar-refractivity contribution in [2.24, 2.45) is 0 Å². The highest BCUT2D eigenvalue weighted by Gasteiger charge is 2.03. The van der Waals surface area contributed by atoms with E-state index in [4.69, 9.17) is 4.74 Å². The second-order valence-electron chi connectivity index (χ2n) is 2.75. The molecule has 15 heavy (non-hydrogen) atoms. The fourth-order valence-corrected chi connectivity index (χ4v) is 1.33. The number of carbonyl (C=O) groups excluding carboxylic acids is 1. The summed E-state index contributed by atoms with van der Waals surface area (Å²) >= 11 is 5.50. The third-order valence-electron chi connectivity index (χ3n) is 1.66. The van der Waals surface area contributed by atoms with E-state index >= 15 is 0 Å². The standard InChI is InChI=1S/C11H10BrIO2/c12-8-10(13)6-7-15-11(14)9-4-2-1-3-5-9/h1-6H,7-8H2/b10-6-. The van der Waals surface area contributed by atoms with Crippen LogP contribution in [0, 0.1) is 0 Å². The van der Waals surface area contributed by atoms with Crippen molar-refractivity contribution in [1.29, 1.82) is 0 Å². The molecule has 0 radical (unpaired) electrons. The van der Waals surface area contributed by atoms with Gasteiger partial charge in [-0.25, -0.2) is 4.79 Å². The van der Waals surface area contributed by atoms with E-state index < -0.39 is 0 Å². The highest BCUT2D eigenvalue weighted by atomic mass is 127. The summed E-state index contributed by atoms with van der Waals surface area (Å²) in [5, 5.41) is 0.788. The highest BCUT2D eigenvalue weighted by Crippen LogP contribution is 2.09. The molecule has 0 aliphatic heterocycles. The molecule has 1 rings (SSSR count). The van der Waals surface area contributed by atoms with E-state index in [9.17, 15) is 4.79 Å². The number of ether oxygens (including phenoxy) is 1. The Labute approximate surface area is 111 Å². The molecular weight excluding hydrogens is 371 g/mol. The zero-order valence-corrected chi connectivity index (χ0v) is 11.7. The number of alkyl halides is 1. The Kier molecular flexibility index (Phi) is 5.93. The van der Waals surface area contributed by atoms with Gasteiger partial charge in [0.25, 0.3) is 0 Å². The molecule has 0 aliphatic carbocycles. The Hall–Kier alpha value is -0.360. The van der Waals surface area contributed by atoms with Crippen LogP contribution >= 0.6 is 38.5 Å². The maximum Gasteiger partial charge on any atom is 0.338 e. The molecule has 1 aromatic rings. The van der Waals surface area contributed by atoms with Crippen LogP contribution in [0.1, 0.15) is 10.4 Å². The zero-order valence-electron chi connectivity index (χ0n) is 7.95. The summed E-state index contributed by atoms with van der Waals surface area (Å²) in [7, 11) is 0.